The molecule has 0 radical (unpaired) electrons. The van der Waals surface area contributed by atoms with Crippen molar-refractivity contribution < 1.29 is 14.7 Å². The van der Waals surface area contributed by atoms with E-state index in [0.717, 1.165) is 0 Å². The molecule has 0 bridgehead atoms. The number of hydrogen-bond donors (Lipinski definition) is 3. The van der Waals surface area contributed by atoms with Crippen LogP contribution in [0, 0.1) is 5.92 Å². The lowest BCUT2D eigenvalue weighted by molar-refractivity contribution is -0.126. The van der Waals surface area contributed by atoms with E-state index in [1.54, 1.807) is 13.8 Å². The second-order valence-electron chi connectivity index (χ2n) is 4.48. The molecule has 0 aromatic rings. The summed E-state index contributed by atoms with van der Waals surface area (Å²) in [5, 5.41) is 14.7. The maximum absolute atomic E-state index is 11.3. The van der Waals surface area contributed by atoms with Crippen molar-refractivity contribution in [1.82, 2.24) is 10.6 Å². The fourth-order valence-electron chi connectivity index (χ4n) is 1.09. The predicted molar refractivity (Wildman–Crippen MR) is 61.8 cm³/mol. The molecule has 0 spiro atoms. The monoisotopic (exact) mass is 230 g/mol. The highest BCUT2D eigenvalue weighted by molar-refractivity contribution is 5.78. The Morgan fingerprint density at radius 2 is 1.75 bits per heavy atom. The van der Waals surface area contributed by atoms with Crippen molar-refractivity contribution in [2.45, 2.75) is 46.3 Å². The maximum Gasteiger partial charge on any atom is 0.222 e. The summed E-state index contributed by atoms with van der Waals surface area (Å²) in [7, 11) is 0. The van der Waals surface area contributed by atoms with Crippen molar-refractivity contribution in [3.63, 3.8) is 0 Å². The number of amides is 2. The molecule has 5 heteroatoms. The molecule has 1 atom stereocenters. The van der Waals surface area contributed by atoms with Crippen molar-refractivity contribution in [3.05, 3.63) is 0 Å². The van der Waals surface area contributed by atoms with Crippen LogP contribution >= 0.6 is 0 Å². The Kier molecular flexibility index (Phi) is 6.72. The van der Waals surface area contributed by atoms with Gasteiger partial charge < -0.3 is 15.7 Å². The van der Waals surface area contributed by atoms with Gasteiger partial charge in [0.15, 0.2) is 0 Å². The van der Waals surface area contributed by atoms with E-state index in [1.165, 1.54) is 0 Å². The number of nitrogens with one attached hydrogen (secondary N) is 2. The molecule has 94 valence electrons. The molecule has 0 heterocycles. The largest absolute Gasteiger partial charge is 0.391 e. The zero-order chi connectivity index (χ0) is 12.7. The van der Waals surface area contributed by atoms with Crippen molar-refractivity contribution in [2.24, 2.45) is 5.92 Å². The first kappa shape index (κ1) is 14.9. The summed E-state index contributed by atoms with van der Waals surface area (Å²) < 4.78 is 0. The zero-order valence-corrected chi connectivity index (χ0v) is 10.4. The summed E-state index contributed by atoms with van der Waals surface area (Å²) in [5.74, 6) is -0.443. The molecular formula is C11H22N2O3. The van der Waals surface area contributed by atoms with Crippen LogP contribution in [0.4, 0.5) is 0 Å². The highest BCUT2D eigenvalue weighted by Gasteiger charge is 2.13. The molecule has 0 aliphatic carbocycles. The standard InChI is InChI=1S/C11H22N2O3/c1-7(2)11(16)12-6-9(14)5-10(15)13-8(3)4/h7-9,14H,5-6H2,1-4H3,(H,12,16)(H,13,15)/t9-/m1/s1. The summed E-state index contributed by atoms with van der Waals surface area (Å²) in [6, 6.07) is 0.0601. The fraction of sp³-hybridized carbons (Fsp3) is 0.818. The zero-order valence-electron chi connectivity index (χ0n) is 10.4. The van der Waals surface area contributed by atoms with Gasteiger partial charge >= 0.3 is 0 Å². The minimum Gasteiger partial charge on any atom is -0.391 e. The number of hydrogen-bond acceptors (Lipinski definition) is 3. The van der Waals surface area contributed by atoms with Crippen LogP contribution in [0.2, 0.25) is 0 Å². The smallest absolute Gasteiger partial charge is 0.222 e. The third kappa shape index (κ3) is 7.23. The van der Waals surface area contributed by atoms with Crippen LogP contribution < -0.4 is 10.6 Å². The molecule has 5 nitrogen and oxygen atoms in total. The molecule has 3 N–H and O–H groups in total. The number of rotatable bonds is 6. The Balaban J connectivity index is 3.78. The van der Waals surface area contributed by atoms with E-state index < -0.39 is 6.10 Å². The Morgan fingerprint density at radius 3 is 2.19 bits per heavy atom. The highest BCUT2D eigenvalue weighted by Crippen LogP contribution is 1.94. The van der Waals surface area contributed by atoms with E-state index in [2.05, 4.69) is 10.6 Å². The lowest BCUT2D eigenvalue weighted by Crippen LogP contribution is -2.38. The molecule has 0 aliphatic rings. The van der Waals surface area contributed by atoms with Gasteiger partial charge in [-0.05, 0) is 13.8 Å². The molecule has 0 saturated heterocycles. The quantitative estimate of drug-likeness (QED) is 0.602. The third-order valence-electron chi connectivity index (χ3n) is 1.91. The number of aliphatic hydroxyl groups is 1. The van der Waals surface area contributed by atoms with Gasteiger partial charge in [0.2, 0.25) is 11.8 Å². The molecule has 0 aliphatic heterocycles. The van der Waals surface area contributed by atoms with Crippen LogP contribution in [0.5, 0.6) is 0 Å². The van der Waals surface area contributed by atoms with Gasteiger partial charge in [0.25, 0.3) is 0 Å². The van der Waals surface area contributed by atoms with Crippen LogP contribution in [0.3, 0.4) is 0 Å². The average molecular weight is 230 g/mol. The summed E-state index contributed by atoms with van der Waals surface area (Å²) in [6.07, 6.45) is -0.822. The third-order valence-corrected chi connectivity index (χ3v) is 1.91. The minimum absolute atomic E-state index is 0.0105. The van der Waals surface area contributed by atoms with E-state index in [-0.39, 0.29) is 36.7 Å². The van der Waals surface area contributed by atoms with Gasteiger partial charge in [0, 0.05) is 18.5 Å². The molecule has 0 fully saturated rings. The van der Waals surface area contributed by atoms with Crippen molar-refractivity contribution in [2.75, 3.05) is 6.54 Å². The first-order valence-corrected chi connectivity index (χ1v) is 5.58. The summed E-state index contributed by atoms with van der Waals surface area (Å²) >= 11 is 0. The molecule has 0 saturated carbocycles. The molecule has 0 rings (SSSR count). The first-order valence-electron chi connectivity index (χ1n) is 5.58. The lowest BCUT2D eigenvalue weighted by Gasteiger charge is -2.14. The Morgan fingerprint density at radius 1 is 1.19 bits per heavy atom. The highest BCUT2D eigenvalue weighted by atomic mass is 16.3. The van der Waals surface area contributed by atoms with Gasteiger partial charge in [-0.25, -0.2) is 0 Å². The van der Waals surface area contributed by atoms with Gasteiger partial charge in [-0.2, -0.15) is 0 Å². The van der Waals surface area contributed by atoms with E-state index >= 15 is 0 Å². The normalized spacial score (nSPS) is 12.7. The Labute approximate surface area is 96.6 Å². The predicted octanol–water partition coefficient (Wildman–Crippen LogP) is 0.0342. The van der Waals surface area contributed by atoms with Gasteiger partial charge in [0.1, 0.15) is 0 Å². The van der Waals surface area contributed by atoms with Crippen LogP contribution in [0.15, 0.2) is 0 Å². The van der Waals surface area contributed by atoms with E-state index in [0.29, 0.717) is 0 Å². The molecule has 0 unspecified atom stereocenters. The summed E-state index contributed by atoms with van der Waals surface area (Å²) in [6.45, 7) is 7.36. The minimum atomic E-state index is -0.832. The molecule has 0 aromatic carbocycles. The van der Waals surface area contributed by atoms with Gasteiger partial charge in [-0.3, -0.25) is 9.59 Å². The SMILES string of the molecule is CC(C)NC(=O)C[C@@H](O)CNC(=O)C(C)C. The second-order valence-corrected chi connectivity index (χ2v) is 4.48. The van der Waals surface area contributed by atoms with Crippen LogP contribution in [-0.4, -0.2) is 35.6 Å². The lowest BCUT2D eigenvalue weighted by atomic mass is 10.2. The van der Waals surface area contributed by atoms with Gasteiger partial charge in [-0.1, -0.05) is 13.8 Å². The molecule has 16 heavy (non-hydrogen) atoms. The number of carbonyl (C=O) groups is 2. The topological polar surface area (TPSA) is 78.4 Å². The second kappa shape index (κ2) is 7.22. The van der Waals surface area contributed by atoms with Crippen molar-refractivity contribution in [3.8, 4) is 0 Å². The molecular weight excluding hydrogens is 208 g/mol. The van der Waals surface area contributed by atoms with Crippen LogP contribution in [0.1, 0.15) is 34.1 Å². The first-order chi connectivity index (χ1) is 7.32. The summed E-state index contributed by atoms with van der Waals surface area (Å²) in [5.41, 5.74) is 0. The summed E-state index contributed by atoms with van der Waals surface area (Å²) in [4.78, 5) is 22.4. The molecule has 0 aromatic heterocycles. The van der Waals surface area contributed by atoms with Crippen LogP contribution in [0.25, 0.3) is 0 Å². The van der Waals surface area contributed by atoms with Gasteiger partial charge in [-0.15, -0.1) is 0 Å². The van der Waals surface area contributed by atoms with E-state index in [9.17, 15) is 14.7 Å². The van der Waals surface area contributed by atoms with Crippen molar-refractivity contribution in [1.29, 1.82) is 0 Å². The number of aliphatic hydroxyl groups excluding tert-OH is 1. The van der Waals surface area contributed by atoms with Crippen LogP contribution in [-0.2, 0) is 9.59 Å². The Hall–Kier alpha value is -1.10. The van der Waals surface area contributed by atoms with Gasteiger partial charge in [0.05, 0.1) is 12.5 Å². The maximum atomic E-state index is 11.3. The number of carbonyl (C=O) groups excluding carboxylic acids is 2. The fourth-order valence-corrected chi connectivity index (χ4v) is 1.09. The average Bonchev–Trinajstić information content (AvgIpc) is 2.12. The van der Waals surface area contributed by atoms with E-state index in [4.69, 9.17) is 0 Å². The molecule has 2 amide bonds. The Bertz CT molecular complexity index is 239. The van der Waals surface area contributed by atoms with Crippen molar-refractivity contribution >= 4 is 11.8 Å². The van der Waals surface area contributed by atoms with E-state index in [1.807, 2.05) is 13.8 Å².